The number of carbonyl (C=O) groups excluding carboxylic acids is 1. The lowest BCUT2D eigenvalue weighted by Gasteiger charge is -2.20. The van der Waals surface area contributed by atoms with Gasteiger partial charge in [-0.15, -0.1) is 0 Å². The van der Waals surface area contributed by atoms with Gasteiger partial charge in [0.05, 0.1) is 6.20 Å². The van der Waals surface area contributed by atoms with Gasteiger partial charge in [0.1, 0.15) is 4.88 Å². The molecule has 4 nitrogen and oxygen atoms in total. The molecule has 1 aliphatic heterocycles. The summed E-state index contributed by atoms with van der Waals surface area (Å²) in [6.07, 6.45) is 4.11. The molecule has 1 atom stereocenters. The van der Waals surface area contributed by atoms with E-state index in [0.29, 0.717) is 16.2 Å². The van der Waals surface area contributed by atoms with Crippen LogP contribution in [0.5, 0.6) is 0 Å². The molecule has 1 aliphatic carbocycles. The lowest BCUT2D eigenvalue weighted by molar-refractivity contribution is 0.0958. The Labute approximate surface area is 125 Å². The highest BCUT2D eigenvalue weighted by Crippen LogP contribution is 2.27. The van der Waals surface area contributed by atoms with Crippen LogP contribution in [0.15, 0.2) is 6.20 Å². The van der Waals surface area contributed by atoms with Gasteiger partial charge in [0.15, 0.2) is 5.13 Å². The van der Waals surface area contributed by atoms with Gasteiger partial charge < -0.3 is 10.6 Å². The SMILES string of the molecule is O=C(NCC1CSCCS1)c1cnc(NC2CC2)s1. The third-order valence-electron chi connectivity index (χ3n) is 3.01. The van der Waals surface area contributed by atoms with Gasteiger partial charge >= 0.3 is 0 Å². The summed E-state index contributed by atoms with van der Waals surface area (Å²) in [7, 11) is 0. The molecule has 19 heavy (non-hydrogen) atoms. The third kappa shape index (κ3) is 4.03. The molecule has 1 saturated carbocycles. The van der Waals surface area contributed by atoms with E-state index >= 15 is 0 Å². The minimum atomic E-state index is 0.0116. The van der Waals surface area contributed by atoms with Gasteiger partial charge in [-0.2, -0.15) is 23.5 Å². The molecule has 1 saturated heterocycles. The van der Waals surface area contributed by atoms with Crippen molar-refractivity contribution < 1.29 is 4.79 Å². The second-order valence-electron chi connectivity index (χ2n) is 4.73. The van der Waals surface area contributed by atoms with E-state index in [1.165, 1.54) is 35.7 Å². The van der Waals surface area contributed by atoms with Crippen molar-refractivity contribution >= 4 is 45.9 Å². The molecular weight excluding hydrogens is 298 g/mol. The number of carbonyl (C=O) groups is 1. The maximum atomic E-state index is 12.0. The van der Waals surface area contributed by atoms with E-state index in [9.17, 15) is 4.79 Å². The van der Waals surface area contributed by atoms with E-state index in [4.69, 9.17) is 0 Å². The molecule has 104 valence electrons. The van der Waals surface area contributed by atoms with Gasteiger partial charge in [0.2, 0.25) is 0 Å². The number of thioether (sulfide) groups is 2. The molecule has 1 unspecified atom stereocenters. The molecule has 7 heteroatoms. The van der Waals surface area contributed by atoms with E-state index in [2.05, 4.69) is 15.6 Å². The van der Waals surface area contributed by atoms with E-state index in [1.54, 1.807) is 6.20 Å². The Morgan fingerprint density at radius 3 is 3.05 bits per heavy atom. The number of aromatic nitrogens is 1. The first-order valence-corrected chi connectivity index (χ1v) is 9.53. The van der Waals surface area contributed by atoms with Crippen LogP contribution < -0.4 is 10.6 Å². The summed E-state index contributed by atoms with van der Waals surface area (Å²) in [5.74, 6) is 3.58. The molecular formula is C12H17N3OS3. The molecule has 2 aliphatic rings. The van der Waals surface area contributed by atoms with Crippen LogP contribution in [0.4, 0.5) is 5.13 Å². The molecule has 0 radical (unpaired) electrons. The van der Waals surface area contributed by atoms with Gasteiger partial charge in [-0.25, -0.2) is 4.98 Å². The molecule has 1 amide bonds. The third-order valence-corrected chi connectivity index (χ3v) is 6.78. The molecule has 0 bridgehead atoms. The van der Waals surface area contributed by atoms with Crippen LogP contribution >= 0.6 is 34.9 Å². The quantitative estimate of drug-likeness (QED) is 0.873. The fourth-order valence-electron chi connectivity index (χ4n) is 1.80. The van der Waals surface area contributed by atoms with Crippen LogP contribution in [0, 0.1) is 0 Å². The van der Waals surface area contributed by atoms with Crippen LogP contribution in [0.3, 0.4) is 0 Å². The summed E-state index contributed by atoms with van der Waals surface area (Å²) in [4.78, 5) is 17.0. The standard InChI is InChI=1S/C12H17N3OS3/c16-11(13-5-9-7-17-3-4-18-9)10-6-14-12(19-10)15-8-1-2-8/h6,8-9H,1-5,7H2,(H,13,16)(H,14,15). The molecule has 1 aromatic heterocycles. The summed E-state index contributed by atoms with van der Waals surface area (Å²) < 4.78 is 0. The first-order valence-electron chi connectivity index (χ1n) is 6.51. The van der Waals surface area contributed by atoms with Gasteiger partial charge in [-0.1, -0.05) is 11.3 Å². The number of nitrogens with one attached hydrogen (secondary N) is 2. The lowest BCUT2D eigenvalue weighted by Crippen LogP contribution is -2.33. The average Bonchev–Trinajstić information content (AvgIpc) is 3.13. The van der Waals surface area contributed by atoms with Crippen LogP contribution in [0.1, 0.15) is 22.5 Å². The maximum absolute atomic E-state index is 12.0. The molecule has 2 N–H and O–H groups in total. The van der Waals surface area contributed by atoms with E-state index < -0.39 is 0 Å². The molecule has 1 aromatic rings. The average molecular weight is 315 g/mol. The van der Waals surface area contributed by atoms with Crippen LogP contribution in [-0.2, 0) is 0 Å². The van der Waals surface area contributed by atoms with Crippen molar-refractivity contribution in [2.45, 2.75) is 24.1 Å². The van der Waals surface area contributed by atoms with Crippen molar-refractivity contribution in [2.24, 2.45) is 0 Å². The van der Waals surface area contributed by atoms with Gasteiger partial charge in [0.25, 0.3) is 5.91 Å². The Morgan fingerprint density at radius 1 is 1.42 bits per heavy atom. The van der Waals surface area contributed by atoms with E-state index in [0.717, 1.165) is 17.4 Å². The zero-order chi connectivity index (χ0) is 13.1. The largest absolute Gasteiger partial charge is 0.359 e. The lowest BCUT2D eigenvalue weighted by atomic mass is 10.4. The fraction of sp³-hybridized carbons (Fsp3) is 0.667. The zero-order valence-electron chi connectivity index (χ0n) is 10.6. The van der Waals surface area contributed by atoms with Crippen LogP contribution in [-0.4, -0.2) is 46.0 Å². The fourth-order valence-corrected chi connectivity index (χ4v) is 5.22. The Balaban J connectivity index is 1.47. The Bertz CT molecular complexity index is 441. The molecule has 0 spiro atoms. The van der Waals surface area contributed by atoms with E-state index in [-0.39, 0.29) is 5.91 Å². The number of amides is 1. The second kappa shape index (κ2) is 6.37. The summed E-state index contributed by atoms with van der Waals surface area (Å²) in [5, 5.41) is 7.76. The molecule has 2 fully saturated rings. The highest BCUT2D eigenvalue weighted by atomic mass is 32.2. The first-order chi connectivity index (χ1) is 9.31. The van der Waals surface area contributed by atoms with Crippen molar-refractivity contribution in [3.8, 4) is 0 Å². The normalized spacial score (nSPS) is 23.1. The monoisotopic (exact) mass is 315 g/mol. The number of rotatable bonds is 5. The first kappa shape index (κ1) is 13.6. The minimum absolute atomic E-state index is 0.0116. The van der Waals surface area contributed by atoms with Gasteiger partial charge in [-0.3, -0.25) is 4.79 Å². The highest BCUT2D eigenvalue weighted by molar-refractivity contribution is 8.06. The summed E-state index contributed by atoms with van der Waals surface area (Å²) in [6.45, 7) is 0.764. The number of nitrogens with zero attached hydrogens (tertiary/aromatic N) is 1. The molecule has 3 rings (SSSR count). The Kier molecular flexibility index (Phi) is 4.55. The zero-order valence-corrected chi connectivity index (χ0v) is 13.0. The predicted octanol–water partition coefficient (Wildman–Crippen LogP) is 2.30. The predicted molar refractivity (Wildman–Crippen MR) is 84.7 cm³/mol. The van der Waals surface area contributed by atoms with Crippen molar-refractivity contribution in [2.75, 3.05) is 29.1 Å². The van der Waals surface area contributed by atoms with Crippen molar-refractivity contribution in [3.63, 3.8) is 0 Å². The van der Waals surface area contributed by atoms with Crippen molar-refractivity contribution in [1.29, 1.82) is 0 Å². The smallest absolute Gasteiger partial charge is 0.263 e. The molecule has 0 aromatic carbocycles. The van der Waals surface area contributed by atoms with Gasteiger partial charge in [0, 0.05) is 35.1 Å². The van der Waals surface area contributed by atoms with Crippen LogP contribution in [0.2, 0.25) is 0 Å². The highest BCUT2D eigenvalue weighted by Gasteiger charge is 2.23. The number of hydrogen-bond donors (Lipinski definition) is 2. The maximum Gasteiger partial charge on any atom is 0.263 e. The summed E-state index contributed by atoms with van der Waals surface area (Å²) in [5.41, 5.74) is 0. The minimum Gasteiger partial charge on any atom is -0.359 e. The molecule has 2 heterocycles. The number of anilines is 1. The topological polar surface area (TPSA) is 54.0 Å². The van der Waals surface area contributed by atoms with Crippen molar-refractivity contribution in [1.82, 2.24) is 10.3 Å². The Hall–Kier alpha value is -0.400. The summed E-state index contributed by atoms with van der Waals surface area (Å²) in [6, 6.07) is 0.581. The number of hydrogen-bond acceptors (Lipinski definition) is 6. The number of thiazole rings is 1. The van der Waals surface area contributed by atoms with Crippen LogP contribution in [0.25, 0.3) is 0 Å². The second-order valence-corrected chi connectivity index (χ2v) is 8.31. The Morgan fingerprint density at radius 2 is 2.32 bits per heavy atom. The summed E-state index contributed by atoms with van der Waals surface area (Å²) >= 11 is 5.39. The van der Waals surface area contributed by atoms with Crippen molar-refractivity contribution in [3.05, 3.63) is 11.1 Å². The van der Waals surface area contributed by atoms with E-state index in [1.807, 2.05) is 23.5 Å². The van der Waals surface area contributed by atoms with Gasteiger partial charge in [-0.05, 0) is 12.8 Å².